The molecule has 3 unspecified atom stereocenters. The second kappa shape index (κ2) is 4.52. The van der Waals surface area contributed by atoms with Crippen LogP contribution in [0.4, 0.5) is 0 Å². The van der Waals surface area contributed by atoms with E-state index < -0.39 is 0 Å². The highest BCUT2D eigenvalue weighted by Gasteiger charge is 2.43. The molecule has 0 bridgehead atoms. The molecule has 3 heteroatoms. The Hall–Kier alpha value is -0.570. The summed E-state index contributed by atoms with van der Waals surface area (Å²) >= 11 is 0. The van der Waals surface area contributed by atoms with Crippen LogP contribution in [0, 0.1) is 5.92 Å². The van der Waals surface area contributed by atoms with Crippen molar-refractivity contribution in [3.05, 3.63) is 0 Å². The van der Waals surface area contributed by atoms with Gasteiger partial charge >= 0.3 is 0 Å². The number of rotatable bonds is 4. The first-order chi connectivity index (χ1) is 7.24. The standard InChI is InChI=1S/C12H22N2O/c1-3-6-13-10-5-4-7-14(12(10)15)11-8-9(11)2/h9-11,13H,3-8H2,1-2H3. The number of nitrogens with zero attached hydrogens (tertiary/aromatic N) is 1. The monoisotopic (exact) mass is 210 g/mol. The average Bonchev–Trinajstić information content (AvgIpc) is 2.94. The fraction of sp³-hybridized carbons (Fsp3) is 0.917. The van der Waals surface area contributed by atoms with Gasteiger partial charge in [-0.25, -0.2) is 0 Å². The summed E-state index contributed by atoms with van der Waals surface area (Å²) in [6, 6.07) is 0.662. The summed E-state index contributed by atoms with van der Waals surface area (Å²) in [5.41, 5.74) is 0. The third kappa shape index (κ3) is 2.33. The van der Waals surface area contributed by atoms with E-state index in [0.29, 0.717) is 11.9 Å². The van der Waals surface area contributed by atoms with Gasteiger partial charge in [-0.1, -0.05) is 13.8 Å². The van der Waals surface area contributed by atoms with Gasteiger partial charge in [0.25, 0.3) is 0 Å². The number of nitrogens with one attached hydrogen (secondary N) is 1. The Kier molecular flexibility index (Phi) is 3.29. The smallest absolute Gasteiger partial charge is 0.239 e. The lowest BCUT2D eigenvalue weighted by molar-refractivity contribution is -0.136. The number of likely N-dealkylation sites (tertiary alicyclic amines) is 1. The van der Waals surface area contributed by atoms with Crippen LogP contribution in [0.25, 0.3) is 0 Å². The number of hydrogen-bond donors (Lipinski definition) is 1. The van der Waals surface area contributed by atoms with Gasteiger partial charge < -0.3 is 10.2 Å². The van der Waals surface area contributed by atoms with Crippen molar-refractivity contribution >= 4 is 5.91 Å². The van der Waals surface area contributed by atoms with Gasteiger partial charge in [-0.3, -0.25) is 4.79 Å². The SMILES string of the molecule is CCCNC1CCCN(C2CC2C)C1=O. The lowest BCUT2D eigenvalue weighted by atomic mass is 10.0. The number of carbonyl (C=O) groups excluding carboxylic acids is 1. The largest absolute Gasteiger partial charge is 0.338 e. The molecule has 0 aromatic carbocycles. The molecule has 0 aromatic rings. The van der Waals surface area contributed by atoms with Crippen molar-refractivity contribution in [3.8, 4) is 0 Å². The van der Waals surface area contributed by atoms with Crippen molar-refractivity contribution in [2.24, 2.45) is 5.92 Å². The highest BCUT2D eigenvalue weighted by Crippen LogP contribution is 2.36. The maximum Gasteiger partial charge on any atom is 0.239 e. The van der Waals surface area contributed by atoms with Crippen LogP contribution in [-0.4, -0.2) is 36.0 Å². The Morgan fingerprint density at radius 1 is 1.53 bits per heavy atom. The van der Waals surface area contributed by atoms with E-state index >= 15 is 0 Å². The van der Waals surface area contributed by atoms with Crippen molar-refractivity contribution in [3.63, 3.8) is 0 Å². The van der Waals surface area contributed by atoms with Gasteiger partial charge in [-0.2, -0.15) is 0 Å². The molecule has 1 heterocycles. The van der Waals surface area contributed by atoms with Crippen LogP contribution >= 0.6 is 0 Å². The first-order valence-corrected chi connectivity index (χ1v) is 6.28. The third-order valence-electron chi connectivity index (χ3n) is 3.58. The average molecular weight is 210 g/mol. The van der Waals surface area contributed by atoms with Gasteiger partial charge in [-0.05, 0) is 38.1 Å². The molecular formula is C12H22N2O. The molecule has 0 radical (unpaired) electrons. The van der Waals surface area contributed by atoms with Crippen LogP contribution in [0.3, 0.4) is 0 Å². The summed E-state index contributed by atoms with van der Waals surface area (Å²) in [5.74, 6) is 1.09. The maximum absolute atomic E-state index is 12.1. The van der Waals surface area contributed by atoms with Crippen LogP contribution in [0.5, 0.6) is 0 Å². The number of piperidine rings is 1. The molecule has 2 fully saturated rings. The van der Waals surface area contributed by atoms with Crippen LogP contribution in [0.2, 0.25) is 0 Å². The minimum absolute atomic E-state index is 0.103. The van der Waals surface area contributed by atoms with E-state index in [1.165, 1.54) is 6.42 Å². The molecule has 2 aliphatic rings. The Labute approximate surface area is 92.2 Å². The molecule has 1 aliphatic heterocycles. The van der Waals surface area contributed by atoms with Crippen molar-refractivity contribution in [1.29, 1.82) is 0 Å². The first kappa shape index (κ1) is 10.9. The fourth-order valence-electron chi connectivity index (χ4n) is 2.47. The maximum atomic E-state index is 12.1. The quantitative estimate of drug-likeness (QED) is 0.760. The van der Waals surface area contributed by atoms with Crippen LogP contribution in [-0.2, 0) is 4.79 Å². The van der Waals surface area contributed by atoms with E-state index in [1.54, 1.807) is 0 Å². The molecule has 0 spiro atoms. The van der Waals surface area contributed by atoms with Crippen molar-refractivity contribution in [1.82, 2.24) is 10.2 Å². The van der Waals surface area contributed by atoms with Gasteiger partial charge in [0.05, 0.1) is 6.04 Å². The molecular weight excluding hydrogens is 188 g/mol. The third-order valence-corrected chi connectivity index (χ3v) is 3.58. The van der Waals surface area contributed by atoms with Gasteiger partial charge in [0.15, 0.2) is 0 Å². The van der Waals surface area contributed by atoms with E-state index in [0.717, 1.165) is 38.3 Å². The Morgan fingerprint density at radius 2 is 2.27 bits per heavy atom. The van der Waals surface area contributed by atoms with E-state index in [9.17, 15) is 4.79 Å². The second-order valence-electron chi connectivity index (χ2n) is 4.96. The first-order valence-electron chi connectivity index (χ1n) is 6.28. The second-order valence-corrected chi connectivity index (χ2v) is 4.96. The summed E-state index contributed by atoms with van der Waals surface area (Å²) in [7, 11) is 0. The van der Waals surface area contributed by atoms with Gasteiger partial charge in [0.2, 0.25) is 5.91 Å². The van der Waals surface area contributed by atoms with Gasteiger partial charge in [0.1, 0.15) is 0 Å². The van der Waals surface area contributed by atoms with Crippen molar-refractivity contribution < 1.29 is 4.79 Å². The number of carbonyl (C=O) groups is 1. The molecule has 0 aromatic heterocycles. The van der Waals surface area contributed by atoms with E-state index in [4.69, 9.17) is 0 Å². The minimum Gasteiger partial charge on any atom is -0.338 e. The molecule has 3 atom stereocenters. The zero-order valence-corrected chi connectivity index (χ0v) is 9.83. The normalized spacial score (nSPS) is 35.7. The van der Waals surface area contributed by atoms with E-state index in [-0.39, 0.29) is 6.04 Å². The molecule has 1 saturated carbocycles. The summed E-state index contributed by atoms with van der Waals surface area (Å²) < 4.78 is 0. The number of hydrogen-bond acceptors (Lipinski definition) is 2. The van der Waals surface area contributed by atoms with Crippen LogP contribution in [0.15, 0.2) is 0 Å². The molecule has 2 rings (SSSR count). The van der Waals surface area contributed by atoms with Gasteiger partial charge in [-0.15, -0.1) is 0 Å². The molecule has 15 heavy (non-hydrogen) atoms. The van der Waals surface area contributed by atoms with Crippen LogP contribution < -0.4 is 5.32 Å². The molecule has 1 N–H and O–H groups in total. The van der Waals surface area contributed by atoms with Gasteiger partial charge in [0, 0.05) is 12.6 Å². The molecule has 1 saturated heterocycles. The lowest BCUT2D eigenvalue weighted by Crippen LogP contribution is -2.51. The summed E-state index contributed by atoms with van der Waals surface area (Å²) in [4.78, 5) is 14.2. The van der Waals surface area contributed by atoms with E-state index in [1.807, 2.05) is 0 Å². The topological polar surface area (TPSA) is 32.3 Å². The van der Waals surface area contributed by atoms with Crippen LogP contribution in [0.1, 0.15) is 39.5 Å². The predicted molar refractivity (Wildman–Crippen MR) is 60.6 cm³/mol. The zero-order chi connectivity index (χ0) is 10.8. The lowest BCUT2D eigenvalue weighted by Gasteiger charge is -2.33. The highest BCUT2D eigenvalue weighted by atomic mass is 16.2. The highest BCUT2D eigenvalue weighted by molar-refractivity contribution is 5.83. The fourth-order valence-corrected chi connectivity index (χ4v) is 2.47. The zero-order valence-electron chi connectivity index (χ0n) is 9.83. The Bertz CT molecular complexity index is 242. The summed E-state index contributed by atoms with van der Waals surface area (Å²) in [6.07, 6.45) is 4.50. The Morgan fingerprint density at radius 3 is 2.87 bits per heavy atom. The minimum atomic E-state index is 0.103. The summed E-state index contributed by atoms with van der Waals surface area (Å²) in [6.45, 7) is 6.32. The molecule has 1 aliphatic carbocycles. The predicted octanol–water partition coefficient (Wildman–Crippen LogP) is 1.39. The van der Waals surface area contributed by atoms with Crippen molar-refractivity contribution in [2.45, 2.75) is 51.6 Å². The molecule has 1 amide bonds. The Balaban J connectivity index is 1.88. The summed E-state index contributed by atoms with van der Waals surface area (Å²) in [5, 5.41) is 3.36. The molecule has 86 valence electrons. The number of amides is 1. The molecule has 3 nitrogen and oxygen atoms in total. The van der Waals surface area contributed by atoms with E-state index in [2.05, 4.69) is 24.1 Å². The van der Waals surface area contributed by atoms with Crippen molar-refractivity contribution in [2.75, 3.05) is 13.1 Å².